The van der Waals surface area contributed by atoms with Crippen molar-refractivity contribution < 1.29 is 4.74 Å². The van der Waals surface area contributed by atoms with Gasteiger partial charge in [-0.3, -0.25) is 0 Å². The Labute approximate surface area is 78.5 Å². The first kappa shape index (κ1) is 8.60. The Bertz CT molecular complexity index is 298. The van der Waals surface area contributed by atoms with Crippen molar-refractivity contribution in [2.24, 2.45) is 11.3 Å². The first-order valence-electron chi connectivity index (χ1n) is 4.72. The van der Waals surface area contributed by atoms with E-state index in [0.717, 1.165) is 24.6 Å². The zero-order valence-corrected chi connectivity index (χ0v) is 8.42. The number of nitrogens with one attached hydrogen (secondary N) is 1. The molecule has 0 aliphatic carbocycles. The van der Waals surface area contributed by atoms with Gasteiger partial charge in [-0.15, -0.1) is 0 Å². The molecular weight excluding hydrogens is 164 g/mol. The van der Waals surface area contributed by atoms with Gasteiger partial charge in [0.2, 0.25) is 5.88 Å². The summed E-state index contributed by atoms with van der Waals surface area (Å²) in [6.07, 6.45) is 2.76. The Hall–Kier alpha value is -0.990. The van der Waals surface area contributed by atoms with Gasteiger partial charge in [0.05, 0.1) is 18.6 Å². The van der Waals surface area contributed by atoms with E-state index in [1.165, 1.54) is 0 Å². The lowest BCUT2D eigenvalue weighted by Crippen LogP contribution is -2.31. The fourth-order valence-corrected chi connectivity index (χ4v) is 1.62. The van der Waals surface area contributed by atoms with Crippen LogP contribution in [-0.4, -0.2) is 16.6 Å². The number of hydrogen-bond donors (Lipinski definition) is 1. The summed E-state index contributed by atoms with van der Waals surface area (Å²) in [5, 5.41) is 0. The van der Waals surface area contributed by atoms with Crippen molar-refractivity contribution in [3.05, 3.63) is 12.0 Å². The fourth-order valence-electron chi connectivity index (χ4n) is 1.62. The van der Waals surface area contributed by atoms with Crippen LogP contribution in [0.2, 0.25) is 0 Å². The monoisotopic (exact) mass is 180 g/mol. The first-order valence-corrected chi connectivity index (χ1v) is 4.72. The molecule has 1 unspecified atom stereocenters. The highest BCUT2D eigenvalue weighted by Gasteiger charge is 2.30. The Morgan fingerprint density at radius 3 is 3.00 bits per heavy atom. The smallest absolute Gasteiger partial charge is 0.234 e. The van der Waals surface area contributed by atoms with Gasteiger partial charge in [-0.2, -0.15) is 0 Å². The largest absolute Gasteiger partial charge is 0.476 e. The molecule has 0 spiro atoms. The Morgan fingerprint density at radius 1 is 1.54 bits per heavy atom. The van der Waals surface area contributed by atoms with E-state index in [1.807, 2.05) is 0 Å². The van der Waals surface area contributed by atoms with Crippen LogP contribution in [0.4, 0.5) is 0 Å². The molecule has 72 valence electrons. The van der Waals surface area contributed by atoms with E-state index in [-0.39, 0.29) is 0 Å². The zero-order chi connectivity index (χ0) is 9.47. The average molecular weight is 180 g/mol. The maximum atomic E-state index is 5.56. The highest BCUT2D eigenvalue weighted by Crippen LogP contribution is 2.34. The van der Waals surface area contributed by atoms with E-state index in [1.54, 1.807) is 6.33 Å². The van der Waals surface area contributed by atoms with Crippen LogP contribution in [0, 0.1) is 11.3 Å². The number of H-pyrrole nitrogens is 1. The van der Waals surface area contributed by atoms with Crippen LogP contribution in [0.25, 0.3) is 0 Å². The molecule has 1 aliphatic heterocycles. The van der Waals surface area contributed by atoms with E-state index in [0.29, 0.717) is 11.3 Å². The van der Waals surface area contributed by atoms with E-state index in [4.69, 9.17) is 4.74 Å². The number of rotatable bonds is 0. The maximum Gasteiger partial charge on any atom is 0.234 e. The number of aromatic nitrogens is 2. The molecule has 1 N–H and O–H groups in total. The summed E-state index contributed by atoms with van der Waals surface area (Å²) in [5.41, 5.74) is 1.45. The molecule has 1 atom stereocenters. The Morgan fingerprint density at radius 2 is 2.31 bits per heavy atom. The van der Waals surface area contributed by atoms with Gasteiger partial charge in [-0.25, -0.2) is 4.98 Å². The van der Waals surface area contributed by atoms with E-state index < -0.39 is 0 Å². The second-order valence-corrected chi connectivity index (χ2v) is 4.76. The normalized spacial score (nSPS) is 22.2. The van der Waals surface area contributed by atoms with Gasteiger partial charge in [0, 0.05) is 5.92 Å². The highest BCUT2D eigenvalue weighted by molar-refractivity contribution is 5.21. The summed E-state index contributed by atoms with van der Waals surface area (Å²) < 4.78 is 5.56. The lowest BCUT2D eigenvalue weighted by Gasteiger charge is -2.32. The molecule has 2 rings (SSSR count). The molecule has 0 fully saturated rings. The van der Waals surface area contributed by atoms with Crippen LogP contribution >= 0.6 is 0 Å². The third-order valence-corrected chi connectivity index (χ3v) is 2.78. The van der Waals surface area contributed by atoms with Gasteiger partial charge in [-0.1, -0.05) is 20.8 Å². The van der Waals surface area contributed by atoms with Crippen LogP contribution in [0.1, 0.15) is 26.5 Å². The lowest BCUT2D eigenvalue weighted by atomic mass is 9.78. The van der Waals surface area contributed by atoms with Crippen molar-refractivity contribution in [2.75, 3.05) is 6.61 Å². The minimum absolute atomic E-state index is 0.308. The molecule has 3 nitrogen and oxygen atoms in total. The number of aromatic amines is 1. The van der Waals surface area contributed by atoms with Crippen molar-refractivity contribution in [3.8, 4) is 5.88 Å². The van der Waals surface area contributed by atoms with E-state index >= 15 is 0 Å². The third-order valence-electron chi connectivity index (χ3n) is 2.78. The van der Waals surface area contributed by atoms with Crippen molar-refractivity contribution in [1.29, 1.82) is 0 Å². The van der Waals surface area contributed by atoms with Crippen LogP contribution in [0.5, 0.6) is 5.88 Å². The van der Waals surface area contributed by atoms with Gasteiger partial charge < -0.3 is 9.72 Å². The van der Waals surface area contributed by atoms with Gasteiger partial charge in [-0.05, 0) is 11.8 Å². The highest BCUT2D eigenvalue weighted by atomic mass is 16.5. The number of imidazole rings is 1. The molecule has 0 saturated heterocycles. The molecular formula is C10H16N2O. The Balaban J connectivity index is 2.18. The van der Waals surface area contributed by atoms with Gasteiger partial charge in [0.15, 0.2) is 0 Å². The number of ether oxygens (including phenoxy) is 1. The third kappa shape index (κ3) is 1.55. The van der Waals surface area contributed by atoms with Crippen LogP contribution < -0.4 is 4.74 Å². The summed E-state index contributed by atoms with van der Waals surface area (Å²) in [4.78, 5) is 7.22. The number of nitrogens with zero attached hydrogens (tertiary/aromatic N) is 1. The van der Waals surface area contributed by atoms with E-state index in [2.05, 4.69) is 30.7 Å². The van der Waals surface area contributed by atoms with Gasteiger partial charge in [0.1, 0.15) is 0 Å². The summed E-state index contributed by atoms with van der Waals surface area (Å²) in [6.45, 7) is 7.55. The summed E-state index contributed by atoms with van der Waals surface area (Å²) in [6, 6.07) is 0. The average Bonchev–Trinajstić information content (AvgIpc) is 2.47. The molecule has 2 heterocycles. The molecule has 0 aromatic carbocycles. The minimum Gasteiger partial charge on any atom is -0.476 e. The van der Waals surface area contributed by atoms with Crippen LogP contribution in [0.3, 0.4) is 0 Å². The van der Waals surface area contributed by atoms with Crippen molar-refractivity contribution >= 4 is 0 Å². The molecule has 1 aliphatic rings. The minimum atomic E-state index is 0.308. The standard InChI is InChI=1S/C10H16N2O/c1-10(2,3)7-4-8-9(13-5-7)12-6-11-8/h6-7H,4-5H2,1-3H3,(H,11,12). The van der Waals surface area contributed by atoms with Crippen LogP contribution in [0.15, 0.2) is 6.33 Å². The topological polar surface area (TPSA) is 37.9 Å². The number of hydrogen-bond acceptors (Lipinski definition) is 2. The summed E-state index contributed by atoms with van der Waals surface area (Å²) in [5.74, 6) is 1.38. The van der Waals surface area contributed by atoms with Crippen molar-refractivity contribution in [3.63, 3.8) is 0 Å². The molecule has 0 saturated carbocycles. The van der Waals surface area contributed by atoms with Crippen molar-refractivity contribution in [1.82, 2.24) is 9.97 Å². The maximum absolute atomic E-state index is 5.56. The van der Waals surface area contributed by atoms with Gasteiger partial charge >= 0.3 is 0 Å². The lowest BCUT2D eigenvalue weighted by molar-refractivity contribution is 0.122. The van der Waals surface area contributed by atoms with Gasteiger partial charge in [0.25, 0.3) is 0 Å². The summed E-state index contributed by atoms with van der Waals surface area (Å²) >= 11 is 0. The second-order valence-electron chi connectivity index (χ2n) is 4.76. The van der Waals surface area contributed by atoms with Crippen molar-refractivity contribution in [2.45, 2.75) is 27.2 Å². The number of fused-ring (bicyclic) bond motifs is 1. The molecule has 0 bridgehead atoms. The zero-order valence-electron chi connectivity index (χ0n) is 8.42. The quantitative estimate of drug-likeness (QED) is 0.663. The molecule has 0 amide bonds. The van der Waals surface area contributed by atoms with E-state index in [9.17, 15) is 0 Å². The predicted octanol–water partition coefficient (Wildman–Crippen LogP) is 2.01. The second kappa shape index (κ2) is 2.76. The molecule has 3 heteroatoms. The first-order chi connectivity index (χ1) is 6.07. The molecule has 1 aromatic rings. The predicted molar refractivity (Wildman–Crippen MR) is 50.7 cm³/mol. The SMILES string of the molecule is CC(C)(C)C1COc2nc[nH]c2C1. The van der Waals surface area contributed by atoms with Crippen LogP contribution in [-0.2, 0) is 6.42 Å². The molecule has 13 heavy (non-hydrogen) atoms. The molecule has 0 radical (unpaired) electrons. The fraction of sp³-hybridized carbons (Fsp3) is 0.700. The molecule has 1 aromatic heterocycles. The summed E-state index contributed by atoms with van der Waals surface area (Å²) in [7, 11) is 0. The Kier molecular flexibility index (Phi) is 1.82.